The van der Waals surface area contributed by atoms with Crippen LogP contribution in [0.5, 0.6) is 5.75 Å². The van der Waals surface area contributed by atoms with E-state index in [1.807, 2.05) is 0 Å². The summed E-state index contributed by atoms with van der Waals surface area (Å²) in [5.41, 5.74) is -0.404. The molecule has 1 unspecified atom stereocenters. The normalized spacial score (nSPS) is 18.9. The average Bonchev–Trinajstić information content (AvgIpc) is 2.28. The van der Waals surface area contributed by atoms with Gasteiger partial charge in [0.05, 0.1) is 11.6 Å². The fourth-order valence-electron chi connectivity index (χ4n) is 1.75. The van der Waals surface area contributed by atoms with E-state index in [-0.39, 0.29) is 44.8 Å². The van der Waals surface area contributed by atoms with Crippen LogP contribution in [0.3, 0.4) is 0 Å². The van der Waals surface area contributed by atoms with Crippen molar-refractivity contribution in [3.8, 4) is 5.75 Å². The molecule has 1 aromatic rings. The van der Waals surface area contributed by atoms with Crippen molar-refractivity contribution in [2.45, 2.75) is 11.8 Å². The minimum Gasteiger partial charge on any atom is -0.508 e. The number of allylic oxidation sites excluding steroid dienone is 1. The van der Waals surface area contributed by atoms with E-state index in [4.69, 9.17) is 16.7 Å². The monoisotopic (exact) mass is 361 g/mol. The van der Waals surface area contributed by atoms with Gasteiger partial charge in [0.25, 0.3) is 0 Å². The predicted molar refractivity (Wildman–Crippen MR) is 61.7 cm³/mol. The van der Waals surface area contributed by atoms with E-state index in [9.17, 15) is 13.6 Å². The van der Waals surface area contributed by atoms with Crippen LogP contribution in [0.25, 0.3) is 5.70 Å². The van der Waals surface area contributed by atoms with Gasteiger partial charge in [0, 0.05) is 39.8 Å². The van der Waals surface area contributed by atoms with Crippen molar-refractivity contribution in [3.63, 3.8) is 0 Å². The Kier molecular flexibility index (Phi) is 5.47. The number of carbonyl (C=O) groups excluding carboxylic acids is 1. The van der Waals surface area contributed by atoms with Gasteiger partial charge in [-0.2, -0.15) is 0 Å². The van der Waals surface area contributed by atoms with Crippen LogP contribution in [0.1, 0.15) is 12.0 Å². The van der Waals surface area contributed by atoms with Crippen LogP contribution >= 0.6 is 11.6 Å². The maximum atomic E-state index is 13.7. The summed E-state index contributed by atoms with van der Waals surface area (Å²) in [6, 6.07) is 1.55. The van der Waals surface area contributed by atoms with Gasteiger partial charge in [-0.25, -0.2) is 14.9 Å². The van der Waals surface area contributed by atoms with Gasteiger partial charge in [-0.15, -0.1) is 17.3 Å². The molecule has 0 saturated heterocycles. The molecule has 2 rings (SSSR count). The van der Waals surface area contributed by atoms with Gasteiger partial charge < -0.3 is 10.0 Å². The molecular weight excluding hydrogens is 352 g/mol. The van der Waals surface area contributed by atoms with Crippen molar-refractivity contribution in [2.24, 2.45) is 0 Å². The minimum atomic E-state index is -0.956. The number of benzene rings is 1. The largest absolute Gasteiger partial charge is 0.508 e. The summed E-state index contributed by atoms with van der Waals surface area (Å²) in [6.45, 7) is 0. The Hall–Kier alpha value is -0.516. The van der Waals surface area contributed by atoms with Gasteiger partial charge in [0.2, 0.25) is 5.91 Å². The number of phenols is 1. The molecule has 0 spiro atoms. The Labute approximate surface area is 139 Å². The van der Waals surface area contributed by atoms with Crippen molar-refractivity contribution >= 4 is 23.2 Å². The van der Waals surface area contributed by atoms with Crippen molar-refractivity contribution in [3.05, 3.63) is 35.4 Å². The van der Waals surface area contributed by atoms with Crippen molar-refractivity contribution < 1.29 is 51.4 Å². The molecule has 7 heteroatoms. The maximum Gasteiger partial charge on any atom is 0.240 e. The number of alkyl halides is 1. The Bertz CT molecular complexity index is 528. The average molecular weight is 362 g/mol. The topological polar surface area (TPSA) is 40.5 Å². The van der Waals surface area contributed by atoms with E-state index < -0.39 is 34.2 Å². The molecule has 3 nitrogen and oxygen atoms in total. The van der Waals surface area contributed by atoms with Crippen LogP contribution in [0, 0.1) is 17.7 Å². The second-order valence-electron chi connectivity index (χ2n) is 3.88. The van der Waals surface area contributed by atoms with E-state index in [0.717, 1.165) is 17.0 Å². The molecule has 0 saturated carbocycles. The number of carbonyl (C=O) groups is 1. The summed E-state index contributed by atoms with van der Waals surface area (Å²) >= 11 is 5.72. The van der Waals surface area contributed by atoms with Gasteiger partial charge in [-0.05, 0) is 12.1 Å². The first-order valence-electron chi connectivity index (χ1n) is 5.12. The van der Waals surface area contributed by atoms with Crippen LogP contribution in [0.15, 0.2) is 12.1 Å². The third kappa shape index (κ3) is 3.15. The molecule has 0 bridgehead atoms. The Morgan fingerprint density at radius 3 is 2.47 bits per heavy atom. The van der Waals surface area contributed by atoms with Crippen molar-refractivity contribution in [2.75, 3.05) is 7.05 Å². The summed E-state index contributed by atoms with van der Waals surface area (Å²) in [7, 11) is 1.37. The maximum absolute atomic E-state index is 13.7. The van der Waals surface area contributed by atoms with Crippen LogP contribution in [-0.2, 0) is 37.5 Å². The number of phenolic OH excluding ortho intramolecular Hbond substituents is 1. The van der Waals surface area contributed by atoms with Crippen LogP contribution in [0.4, 0.5) is 8.78 Å². The van der Waals surface area contributed by atoms with Crippen LogP contribution in [-0.4, -0.2) is 28.3 Å². The molecule has 1 heterocycles. The third-order valence-electron chi connectivity index (χ3n) is 2.65. The van der Waals surface area contributed by atoms with Gasteiger partial charge in [0.1, 0.15) is 11.1 Å². The number of halogens is 3. The number of amides is 1. The first-order valence-corrected chi connectivity index (χ1v) is 5.56. The zero-order valence-electron chi connectivity index (χ0n) is 9.95. The number of rotatable bonds is 1. The zero-order valence-corrected chi connectivity index (χ0v) is 13.5. The third-order valence-corrected chi connectivity index (χ3v) is 2.99. The fourth-order valence-corrected chi connectivity index (χ4v) is 1.98. The summed E-state index contributed by atoms with van der Waals surface area (Å²) in [5, 5.41) is 8.29. The molecule has 1 aliphatic rings. The molecule has 1 amide bonds. The van der Waals surface area contributed by atoms with E-state index >= 15 is 0 Å². The summed E-state index contributed by atoms with van der Waals surface area (Å²) in [5.74, 6) is -2.88. The summed E-state index contributed by atoms with van der Waals surface area (Å²) in [4.78, 5) is 12.7. The first-order chi connectivity index (χ1) is 8.41. The second-order valence-corrected chi connectivity index (χ2v) is 4.41. The first kappa shape index (κ1) is 16.5. The quantitative estimate of drug-likeness (QED) is 0.616. The van der Waals surface area contributed by atoms with E-state index in [0.29, 0.717) is 0 Å². The molecule has 19 heavy (non-hydrogen) atoms. The van der Waals surface area contributed by atoms with E-state index in [1.54, 1.807) is 0 Å². The Balaban J connectivity index is 0.00000180. The van der Waals surface area contributed by atoms with Crippen molar-refractivity contribution in [1.29, 1.82) is 0 Å². The molecule has 99 valence electrons. The summed E-state index contributed by atoms with van der Waals surface area (Å²) < 4.78 is 27.3. The Morgan fingerprint density at radius 2 is 1.95 bits per heavy atom. The molecule has 1 N–H and O–H groups in total. The molecule has 0 fully saturated rings. The summed E-state index contributed by atoms with van der Waals surface area (Å²) in [6.07, 6.45) is 2.78. The van der Waals surface area contributed by atoms with Crippen LogP contribution in [0.2, 0.25) is 0 Å². The second kappa shape index (κ2) is 6.29. The van der Waals surface area contributed by atoms with E-state index in [1.165, 1.54) is 7.05 Å². The molecule has 1 radical (unpaired) electrons. The number of aromatic hydroxyl groups is 1. The Morgan fingerprint density at radius 1 is 1.42 bits per heavy atom. The fraction of sp³-hybridized carbons (Fsp3) is 0.250. The minimum absolute atomic E-state index is 0. The SMILES string of the molecule is CN1C(=O)C(Cl)C[C-]=C1c1c(F)cc(O)cc1F.[Y]. The molecule has 0 aromatic heterocycles. The van der Waals surface area contributed by atoms with Gasteiger partial charge in [-0.1, -0.05) is 12.0 Å². The van der Waals surface area contributed by atoms with Gasteiger partial charge >= 0.3 is 0 Å². The molecule has 1 aliphatic heterocycles. The van der Waals surface area contributed by atoms with Crippen LogP contribution < -0.4 is 0 Å². The number of hydrogen-bond acceptors (Lipinski definition) is 2. The number of hydrogen-bond donors (Lipinski definition) is 1. The molecule has 1 atom stereocenters. The predicted octanol–water partition coefficient (Wildman–Crippen LogP) is 2.28. The van der Waals surface area contributed by atoms with Crippen molar-refractivity contribution in [1.82, 2.24) is 4.90 Å². The van der Waals surface area contributed by atoms with Gasteiger partial charge in [0.15, 0.2) is 0 Å². The smallest absolute Gasteiger partial charge is 0.240 e. The number of nitrogens with zero attached hydrogens (tertiary/aromatic N) is 1. The zero-order chi connectivity index (χ0) is 13.4. The molecule has 1 aromatic carbocycles. The molecular formula is C12H9ClF2NO2Y-. The van der Waals surface area contributed by atoms with Gasteiger partial charge in [-0.3, -0.25) is 4.79 Å². The standard InChI is InChI=1S/C12H9ClF2NO2.Y/c1-16-10(3-2-7(13)12(16)18)11-8(14)4-6(17)5-9(11)15;/h4-5,7,17H,2H2,1H3;/q-1;. The molecule has 0 aliphatic carbocycles. The van der Waals surface area contributed by atoms with E-state index in [2.05, 4.69) is 6.08 Å².